The molecule has 1 aliphatic carbocycles. The topological polar surface area (TPSA) is 107 Å². The van der Waals surface area contributed by atoms with E-state index in [0.717, 1.165) is 30.2 Å². The molecular formula is C22H24N6O3. The van der Waals surface area contributed by atoms with E-state index in [2.05, 4.69) is 22.3 Å². The fourth-order valence-electron chi connectivity index (χ4n) is 4.43. The summed E-state index contributed by atoms with van der Waals surface area (Å²) in [5.74, 6) is 0.940. The average molecular weight is 420 g/mol. The summed E-state index contributed by atoms with van der Waals surface area (Å²) in [6.45, 7) is 2.14. The van der Waals surface area contributed by atoms with Gasteiger partial charge in [0.2, 0.25) is 0 Å². The van der Waals surface area contributed by atoms with Crippen molar-refractivity contribution in [2.75, 3.05) is 12.4 Å². The van der Waals surface area contributed by atoms with Crippen molar-refractivity contribution in [1.29, 1.82) is 0 Å². The van der Waals surface area contributed by atoms with Gasteiger partial charge in [-0.15, -0.1) is 0 Å². The number of aromatic nitrogens is 5. The Balaban J connectivity index is 1.47. The van der Waals surface area contributed by atoms with Crippen LogP contribution in [0.5, 0.6) is 5.75 Å². The first-order valence-corrected chi connectivity index (χ1v) is 10.4. The molecule has 0 aliphatic heterocycles. The Labute approximate surface area is 178 Å². The van der Waals surface area contributed by atoms with Gasteiger partial charge in [0.05, 0.1) is 36.5 Å². The molecule has 3 heterocycles. The van der Waals surface area contributed by atoms with Crippen molar-refractivity contribution in [1.82, 2.24) is 24.4 Å². The van der Waals surface area contributed by atoms with Gasteiger partial charge >= 0.3 is 0 Å². The minimum absolute atomic E-state index is 0.225. The fraction of sp³-hybridized carbons (Fsp3) is 0.364. The number of carbonyl (C=O) groups excluding carboxylic acids is 1. The molecule has 1 fully saturated rings. The van der Waals surface area contributed by atoms with Crippen LogP contribution < -0.4 is 10.1 Å². The van der Waals surface area contributed by atoms with Gasteiger partial charge in [-0.1, -0.05) is 6.92 Å². The van der Waals surface area contributed by atoms with Crippen molar-refractivity contribution in [3.63, 3.8) is 0 Å². The van der Waals surface area contributed by atoms with E-state index in [1.54, 1.807) is 35.1 Å². The number of ether oxygens (including phenoxy) is 1. The number of anilines is 1. The highest BCUT2D eigenvalue weighted by Crippen LogP contribution is 2.35. The Bertz CT molecular complexity index is 1260. The molecule has 1 saturated carbocycles. The summed E-state index contributed by atoms with van der Waals surface area (Å²) in [7, 11) is 1.54. The number of fused-ring (bicyclic) bond motifs is 2. The Kier molecular flexibility index (Phi) is 4.82. The van der Waals surface area contributed by atoms with E-state index in [0.29, 0.717) is 28.7 Å². The van der Waals surface area contributed by atoms with E-state index < -0.39 is 0 Å². The van der Waals surface area contributed by atoms with Gasteiger partial charge in [0.15, 0.2) is 11.5 Å². The molecule has 31 heavy (non-hydrogen) atoms. The number of rotatable bonds is 4. The first-order chi connectivity index (χ1) is 15.0. The number of benzene rings is 1. The number of aliphatic hydroxyl groups excluding tert-OH is 1. The molecule has 2 N–H and O–H groups in total. The number of methoxy groups -OCH3 is 1. The molecule has 5 rings (SSSR count). The van der Waals surface area contributed by atoms with E-state index in [1.165, 1.54) is 7.11 Å². The number of nitrogens with zero attached hydrogens (tertiary/aromatic N) is 5. The van der Waals surface area contributed by atoms with Crippen LogP contribution in [0.2, 0.25) is 0 Å². The van der Waals surface area contributed by atoms with Crippen LogP contribution in [0, 0.1) is 5.92 Å². The number of aliphatic hydroxyl groups is 1. The predicted molar refractivity (Wildman–Crippen MR) is 115 cm³/mol. The molecule has 3 atom stereocenters. The van der Waals surface area contributed by atoms with Crippen molar-refractivity contribution >= 4 is 28.3 Å². The number of hydrogen-bond donors (Lipinski definition) is 2. The minimum Gasteiger partial charge on any atom is -0.496 e. The lowest BCUT2D eigenvalue weighted by Gasteiger charge is -2.31. The Morgan fingerprint density at radius 1 is 1.32 bits per heavy atom. The molecule has 0 radical (unpaired) electrons. The fourth-order valence-corrected chi connectivity index (χ4v) is 4.43. The standard InChI is InChI=1S/C22H24N6O3/c1-13-8-15(29)5-6-18(13)27-12-14-9-16(19(31-2)10-17(14)26-27)22(30)25-21-11-23-20-4-3-7-24-28(20)21/h3-4,7,9-13,15,18,29H,5-6,8H2,1-2H3,(H,25,30)/t13-,15+,18-/m0/s1. The maximum absolute atomic E-state index is 13.1. The van der Waals surface area contributed by atoms with Crippen LogP contribution in [0.3, 0.4) is 0 Å². The molecule has 0 spiro atoms. The summed E-state index contributed by atoms with van der Waals surface area (Å²) in [4.78, 5) is 17.3. The van der Waals surface area contributed by atoms with Crippen LogP contribution in [0.25, 0.3) is 16.6 Å². The monoisotopic (exact) mass is 420 g/mol. The Morgan fingerprint density at radius 2 is 2.19 bits per heavy atom. The third-order valence-corrected chi connectivity index (χ3v) is 6.04. The summed E-state index contributed by atoms with van der Waals surface area (Å²) in [6.07, 6.45) is 7.36. The van der Waals surface area contributed by atoms with Crippen LogP contribution in [0.4, 0.5) is 5.82 Å². The largest absolute Gasteiger partial charge is 0.496 e. The van der Waals surface area contributed by atoms with Crippen LogP contribution in [0.1, 0.15) is 42.6 Å². The van der Waals surface area contributed by atoms with Gasteiger partial charge in [-0.05, 0) is 43.4 Å². The van der Waals surface area contributed by atoms with Crippen molar-refractivity contribution in [3.8, 4) is 5.75 Å². The van der Waals surface area contributed by atoms with Crippen LogP contribution in [0.15, 0.2) is 42.9 Å². The van der Waals surface area contributed by atoms with Crippen molar-refractivity contribution in [3.05, 3.63) is 48.4 Å². The van der Waals surface area contributed by atoms with Gasteiger partial charge in [0, 0.05) is 23.8 Å². The molecule has 1 aliphatic rings. The maximum Gasteiger partial charge on any atom is 0.260 e. The Hall–Kier alpha value is -3.46. The van der Waals surface area contributed by atoms with Gasteiger partial charge in [0.1, 0.15) is 5.75 Å². The van der Waals surface area contributed by atoms with Gasteiger partial charge in [-0.2, -0.15) is 14.7 Å². The highest BCUT2D eigenvalue weighted by Gasteiger charge is 2.28. The zero-order valence-corrected chi connectivity index (χ0v) is 17.4. The molecule has 9 heteroatoms. The molecule has 0 bridgehead atoms. The normalized spacial score (nSPS) is 21.5. The van der Waals surface area contributed by atoms with E-state index >= 15 is 0 Å². The predicted octanol–water partition coefficient (Wildman–Crippen LogP) is 3.06. The third kappa shape index (κ3) is 3.50. The van der Waals surface area contributed by atoms with Crippen molar-refractivity contribution in [2.24, 2.45) is 5.92 Å². The first kappa shape index (κ1) is 19.5. The highest BCUT2D eigenvalue weighted by molar-refractivity contribution is 6.08. The molecular weight excluding hydrogens is 396 g/mol. The van der Waals surface area contributed by atoms with E-state index in [4.69, 9.17) is 9.84 Å². The summed E-state index contributed by atoms with van der Waals surface area (Å²) in [5.41, 5.74) is 1.82. The zero-order chi connectivity index (χ0) is 21.5. The second-order valence-electron chi connectivity index (χ2n) is 8.12. The second kappa shape index (κ2) is 7.66. The average Bonchev–Trinajstić information content (AvgIpc) is 3.36. The summed E-state index contributed by atoms with van der Waals surface area (Å²) in [6, 6.07) is 7.41. The van der Waals surface area contributed by atoms with Crippen LogP contribution in [-0.2, 0) is 0 Å². The lowest BCUT2D eigenvalue weighted by atomic mass is 9.84. The molecule has 3 aromatic heterocycles. The summed E-state index contributed by atoms with van der Waals surface area (Å²) < 4.78 is 9.03. The third-order valence-electron chi connectivity index (χ3n) is 6.04. The quantitative estimate of drug-likeness (QED) is 0.526. The number of carbonyl (C=O) groups is 1. The molecule has 0 unspecified atom stereocenters. The first-order valence-electron chi connectivity index (χ1n) is 10.4. The van der Waals surface area contributed by atoms with E-state index in [9.17, 15) is 9.90 Å². The molecule has 4 aromatic rings. The number of hydrogen-bond acceptors (Lipinski definition) is 6. The SMILES string of the molecule is COc1cc2nn([C@H]3CC[C@@H](O)C[C@@H]3C)cc2cc1C(=O)Nc1cnc2cccnn12. The van der Waals surface area contributed by atoms with Gasteiger partial charge in [-0.25, -0.2) is 4.98 Å². The van der Waals surface area contributed by atoms with Crippen molar-refractivity contribution in [2.45, 2.75) is 38.3 Å². The van der Waals surface area contributed by atoms with Gasteiger partial charge < -0.3 is 15.2 Å². The van der Waals surface area contributed by atoms with Crippen LogP contribution in [-0.4, -0.2) is 48.6 Å². The summed E-state index contributed by atoms with van der Waals surface area (Å²) in [5, 5.41) is 22.6. The molecule has 160 valence electrons. The number of amides is 1. The maximum atomic E-state index is 13.1. The molecule has 1 aromatic carbocycles. The van der Waals surface area contributed by atoms with Gasteiger partial charge in [0.25, 0.3) is 5.91 Å². The lowest BCUT2D eigenvalue weighted by molar-refractivity contribution is 0.0750. The minimum atomic E-state index is -0.312. The second-order valence-corrected chi connectivity index (χ2v) is 8.12. The molecule has 1 amide bonds. The zero-order valence-electron chi connectivity index (χ0n) is 17.4. The number of imidazole rings is 1. The molecule has 0 saturated heterocycles. The highest BCUT2D eigenvalue weighted by atomic mass is 16.5. The smallest absolute Gasteiger partial charge is 0.260 e. The Morgan fingerprint density at radius 3 is 3.00 bits per heavy atom. The number of nitrogens with one attached hydrogen (secondary N) is 1. The van der Waals surface area contributed by atoms with Crippen molar-refractivity contribution < 1.29 is 14.6 Å². The lowest BCUT2D eigenvalue weighted by Crippen LogP contribution is -2.28. The van der Waals surface area contributed by atoms with E-state index in [1.807, 2.05) is 16.9 Å². The van der Waals surface area contributed by atoms with Crippen LogP contribution >= 0.6 is 0 Å². The van der Waals surface area contributed by atoms with Gasteiger partial charge in [-0.3, -0.25) is 9.48 Å². The molecule has 9 nitrogen and oxygen atoms in total. The van der Waals surface area contributed by atoms with E-state index in [-0.39, 0.29) is 18.1 Å². The summed E-state index contributed by atoms with van der Waals surface area (Å²) >= 11 is 0.